The predicted octanol–water partition coefficient (Wildman–Crippen LogP) is 3.54. The molecule has 0 fully saturated rings. The minimum absolute atomic E-state index is 0.0295. The third-order valence-corrected chi connectivity index (χ3v) is 3.73. The van der Waals surface area contributed by atoms with Crippen molar-refractivity contribution in [3.63, 3.8) is 0 Å². The Bertz CT molecular complexity index is 562. The van der Waals surface area contributed by atoms with Crippen molar-refractivity contribution < 1.29 is 19.4 Å². The number of aryl methyl sites for hydroxylation is 1. The quantitative estimate of drug-likeness (QED) is 0.840. The van der Waals surface area contributed by atoms with E-state index in [2.05, 4.69) is 5.32 Å². The fourth-order valence-electron chi connectivity index (χ4n) is 2.38. The topological polar surface area (TPSA) is 75.6 Å². The van der Waals surface area contributed by atoms with Gasteiger partial charge in [-0.3, -0.25) is 4.79 Å². The van der Waals surface area contributed by atoms with Crippen molar-refractivity contribution in [2.45, 2.75) is 53.1 Å². The fraction of sp³-hybridized carbons (Fsp3) is 0.556. The fourth-order valence-corrected chi connectivity index (χ4v) is 2.38. The van der Waals surface area contributed by atoms with E-state index >= 15 is 0 Å². The first kappa shape index (κ1) is 19.0. The molecule has 1 aromatic carbocycles. The summed E-state index contributed by atoms with van der Waals surface area (Å²) in [6.45, 7) is 9.12. The molecule has 0 heterocycles. The largest absolute Gasteiger partial charge is 0.481 e. The standard InChI is InChI=1S/C18H27NO4/c1-6-18(15(20)21,11-14-9-7-8-13(2)10-14)12-19-16(22)23-17(3,4)5/h7-10H,6,11-12H2,1-5H3,(H,19,22)(H,20,21). The lowest BCUT2D eigenvalue weighted by atomic mass is 9.79. The number of ether oxygens (including phenoxy) is 1. The van der Waals surface area contributed by atoms with Gasteiger partial charge in [-0.05, 0) is 46.1 Å². The second-order valence-corrected chi connectivity index (χ2v) is 6.96. The Labute approximate surface area is 138 Å². The van der Waals surface area contributed by atoms with Gasteiger partial charge in [0.2, 0.25) is 0 Å². The molecule has 23 heavy (non-hydrogen) atoms. The van der Waals surface area contributed by atoms with Crippen LogP contribution in [0.4, 0.5) is 4.79 Å². The van der Waals surface area contributed by atoms with Gasteiger partial charge in [-0.2, -0.15) is 0 Å². The smallest absolute Gasteiger partial charge is 0.407 e. The van der Waals surface area contributed by atoms with Crippen LogP contribution in [0.2, 0.25) is 0 Å². The average molecular weight is 321 g/mol. The van der Waals surface area contributed by atoms with Gasteiger partial charge in [0.15, 0.2) is 0 Å². The zero-order valence-corrected chi connectivity index (χ0v) is 14.6. The Balaban J connectivity index is 2.86. The van der Waals surface area contributed by atoms with Crippen LogP contribution in [0, 0.1) is 12.3 Å². The molecular formula is C18H27NO4. The molecule has 0 saturated carbocycles. The Morgan fingerprint density at radius 2 is 1.91 bits per heavy atom. The van der Waals surface area contributed by atoms with Crippen LogP contribution < -0.4 is 5.32 Å². The first-order valence-corrected chi connectivity index (χ1v) is 7.84. The van der Waals surface area contributed by atoms with Crippen molar-refractivity contribution in [2.24, 2.45) is 5.41 Å². The maximum absolute atomic E-state index is 11.8. The molecule has 5 heteroatoms. The molecular weight excluding hydrogens is 294 g/mol. The van der Waals surface area contributed by atoms with Gasteiger partial charge in [-0.1, -0.05) is 36.8 Å². The van der Waals surface area contributed by atoms with Crippen molar-refractivity contribution in [2.75, 3.05) is 6.54 Å². The summed E-state index contributed by atoms with van der Waals surface area (Å²) in [6.07, 6.45) is 0.170. The first-order chi connectivity index (χ1) is 10.6. The minimum atomic E-state index is -1.05. The third kappa shape index (κ3) is 5.93. The molecule has 0 saturated heterocycles. The van der Waals surface area contributed by atoms with E-state index in [9.17, 15) is 14.7 Å². The second-order valence-electron chi connectivity index (χ2n) is 6.96. The number of amides is 1. The van der Waals surface area contributed by atoms with E-state index in [0.29, 0.717) is 12.8 Å². The lowest BCUT2D eigenvalue weighted by Gasteiger charge is -2.29. The molecule has 5 nitrogen and oxygen atoms in total. The molecule has 2 N–H and O–H groups in total. The summed E-state index contributed by atoms with van der Waals surface area (Å²) in [5.74, 6) is -0.919. The first-order valence-electron chi connectivity index (χ1n) is 7.84. The number of nitrogens with one attached hydrogen (secondary N) is 1. The van der Waals surface area contributed by atoms with Crippen LogP contribution in [-0.2, 0) is 16.0 Å². The third-order valence-electron chi connectivity index (χ3n) is 3.73. The molecule has 0 bridgehead atoms. The average Bonchev–Trinajstić information content (AvgIpc) is 2.41. The lowest BCUT2D eigenvalue weighted by Crippen LogP contribution is -2.45. The van der Waals surface area contributed by atoms with Gasteiger partial charge >= 0.3 is 12.1 Å². The number of carbonyl (C=O) groups is 2. The highest BCUT2D eigenvalue weighted by Gasteiger charge is 2.37. The Hall–Kier alpha value is -2.04. The highest BCUT2D eigenvalue weighted by molar-refractivity contribution is 5.77. The lowest BCUT2D eigenvalue weighted by molar-refractivity contribution is -0.148. The van der Waals surface area contributed by atoms with Crippen molar-refractivity contribution in [1.29, 1.82) is 0 Å². The van der Waals surface area contributed by atoms with Crippen LogP contribution in [0.3, 0.4) is 0 Å². The van der Waals surface area contributed by atoms with Crippen LogP contribution in [-0.4, -0.2) is 29.3 Å². The zero-order chi connectivity index (χ0) is 17.7. The van der Waals surface area contributed by atoms with Gasteiger partial charge in [0.1, 0.15) is 5.60 Å². The van der Waals surface area contributed by atoms with E-state index in [1.165, 1.54) is 0 Å². The maximum Gasteiger partial charge on any atom is 0.407 e. The van der Waals surface area contributed by atoms with E-state index in [0.717, 1.165) is 11.1 Å². The summed E-state index contributed by atoms with van der Waals surface area (Å²) in [4.78, 5) is 23.7. The van der Waals surface area contributed by atoms with E-state index < -0.39 is 23.1 Å². The Morgan fingerprint density at radius 1 is 1.26 bits per heavy atom. The number of alkyl carbamates (subject to hydrolysis) is 1. The Morgan fingerprint density at radius 3 is 2.39 bits per heavy atom. The molecule has 0 radical (unpaired) electrons. The van der Waals surface area contributed by atoms with E-state index in [1.54, 1.807) is 20.8 Å². The predicted molar refractivity (Wildman–Crippen MR) is 89.5 cm³/mol. The van der Waals surface area contributed by atoms with Crippen LogP contribution in [0.1, 0.15) is 45.2 Å². The van der Waals surface area contributed by atoms with E-state index in [1.807, 2.05) is 38.1 Å². The summed E-state index contributed by atoms with van der Waals surface area (Å²) in [7, 11) is 0. The molecule has 1 amide bonds. The molecule has 1 unspecified atom stereocenters. The molecule has 1 atom stereocenters. The van der Waals surface area contributed by atoms with Gasteiger partial charge < -0.3 is 15.2 Å². The highest BCUT2D eigenvalue weighted by Crippen LogP contribution is 2.27. The van der Waals surface area contributed by atoms with Crippen LogP contribution in [0.5, 0.6) is 0 Å². The number of carboxylic acids is 1. The van der Waals surface area contributed by atoms with E-state index in [-0.39, 0.29) is 6.54 Å². The molecule has 0 aliphatic carbocycles. The van der Waals surface area contributed by atoms with Crippen LogP contribution in [0.15, 0.2) is 24.3 Å². The van der Waals surface area contributed by atoms with Crippen molar-refractivity contribution in [3.8, 4) is 0 Å². The van der Waals surface area contributed by atoms with Gasteiger partial charge in [0, 0.05) is 6.54 Å². The number of carbonyl (C=O) groups excluding carboxylic acids is 1. The van der Waals surface area contributed by atoms with Crippen molar-refractivity contribution in [3.05, 3.63) is 35.4 Å². The summed E-state index contributed by atoms with van der Waals surface area (Å²) in [5.41, 5.74) is 0.363. The molecule has 0 aliphatic rings. The number of hydrogen-bond donors (Lipinski definition) is 2. The minimum Gasteiger partial charge on any atom is -0.481 e. The number of benzene rings is 1. The van der Waals surface area contributed by atoms with Crippen LogP contribution in [0.25, 0.3) is 0 Å². The van der Waals surface area contributed by atoms with Crippen LogP contribution >= 0.6 is 0 Å². The number of aliphatic carboxylic acids is 1. The monoisotopic (exact) mass is 321 g/mol. The zero-order valence-electron chi connectivity index (χ0n) is 14.6. The summed E-state index contributed by atoms with van der Waals surface area (Å²) >= 11 is 0. The highest BCUT2D eigenvalue weighted by atomic mass is 16.6. The second kappa shape index (κ2) is 7.49. The summed E-state index contributed by atoms with van der Waals surface area (Å²) < 4.78 is 5.18. The van der Waals surface area contributed by atoms with Gasteiger partial charge in [0.25, 0.3) is 0 Å². The molecule has 1 rings (SSSR count). The molecule has 0 aromatic heterocycles. The number of rotatable bonds is 6. The molecule has 1 aromatic rings. The van der Waals surface area contributed by atoms with Gasteiger partial charge in [-0.25, -0.2) is 4.79 Å². The van der Waals surface area contributed by atoms with Crippen molar-refractivity contribution >= 4 is 12.1 Å². The Kier molecular flexibility index (Phi) is 6.19. The summed E-state index contributed by atoms with van der Waals surface area (Å²) in [6, 6.07) is 7.76. The van der Waals surface area contributed by atoms with Gasteiger partial charge in [0.05, 0.1) is 5.41 Å². The number of hydrogen-bond acceptors (Lipinski definition) is 3. The summed E-state index contributed by atoms with van der Waals surface area (Å²) in [5, 5.41) is 12.3. The SMILES string of the molecule is CCC(CNC(=O)OC(C)(C)C)(Cc1cccc(C)c1)C(=O)O. The van der Waals surface area contributed by atoms with Gasteiger partial charge in [-0.15, -0.1) is 0 Å². The normalized spacial score (nSPS) is 14.0. The molecule has 0 spiro atoms. The number of carboxylic acid groups (broad SMARTS) is 1. The molecule has 128 valence electrons. The molecule has 0 aliphatic heterocycles. The van der Waals surface area contributed by atoms with Crippen molar-refractivity contribution in [1.82, 2.24) is 5.32 Å². The maximum atomic E-state index is 11.8. The van der Waals surface area contributed by atoms with E-state index in [4.69, 9.17) is 4.74 Å².